The molecule has 0 saturated carbocycles. The van der Waals surface area contributed by atoms with Gasteiger partial charge in [0.1, 0.15) is 5.84 Å². The van der Waals surface area contributed by atoms with Crippen LogP contribution in [0.4, 0.5) is 10.1 Å². The monoisotopic (exact) mass is 358 g/mol. The predicted molar refractivity (Wildman–Crippen MR) is 85.4 cm³/mol. The number of aliphatic hydroxyl groups is 1. The molecule has 5 nitrogen and oxygen atoms in total. The van der Waals surface area contributed by atoms with Crippen LogP contribution in [0.2, 0.25) is 0 Å². The number of β-amino-alcohol motifs (C(OH)–C–C–N with tert-alkyl or cyclic N) is 1. The van der Waals surface area contributed by atoms with Crippen molar-refractivity contribution >= 4 is 27.5 Å². The Morgan fingerprint density at radius 2 is 2.24 bits per heavy atom. The number of amidine groups is 1. The van der Waals surface area contributed by atoms with Gasteiger partial charge in [0.2, 0.25) is 0 Å². The van der Waals surface area contributed by atoms with E-state index in [9.17, 15) is 9.50 Å². The number of hydrogen-bond acceptors (Lipinski definition) is 4. The molecule has 1 aliphatic heterocycles. The van der Waals surface area contributed by atoms with E-state index in [-0.39, 0.29) is 16.4 Å². The maximum atomic E-state index is 14.6. The van der Waals surface area contributed by atoms with Crippen molar-refractivity contribution in [2.75, 3.05) is 32.1 Å². The second-order valence-electron chi connectivity index (χ2n) is 5.63. The van der Waals surface area contributed by atoms with Crippen LogP contribution in [0.3, 0.4) is 0 Å². The smallest absolute Gasteiger partial charge is 0.161 e. The zero-order valence-corrected chi connectivity index (χ0v) is 13.7. The molecule has 0 radical (unpaired) electrons. The van der Waals surface area contributed by atoms with Gasteiger partial charge >= 0.3 is 0 Å². The molecule has 7 heteroatoms. The third kappa shape index (κ3) is 3.36. The molecule has 0 spiro atoms. The lowest BCUT2D eigenvalue weighted by Crippen LogP contribution is -2.38. The summed E-state index contributed by atoms with van der Waals surface area (Å²) in [5, 5.41) is 17.3. The van der Waals surface area contributed by atoms with Gasteiger partial charge in [0, 0.05) is 24.7 Å². The summed E-state index contributed by atoms with van der Waals surface area (Å²) in [5.41, 5.74) is 6.19. The van der Waals surface area contributed by atoms with E-state index in [1.165, 1.54) is 0 Å². The number of nitrogens with two attached hydrogens (primary N) is 1. The van der Waals surface area contributed by atoms with Gasteiger partial charge in [0.05, 0.1) is 16.3 Å². The molecule has 1 fully saturated rings. The Bertz CT molecular complexity index is 552. The topological polar surface area (TPSA) is 76.6 Å². The van der Waals surface area contributed by atoms with E-state index in [0.717, 1.165) is 6.54 Å². The maximum Gasteiger partial charge on any atom is 0.161 e. The fraction of sp³-hybridized carbons (Fsp3) is 0.500. The Morgan fingerprint density at radius 3 is 2.81 bits per heavy atom. The molecule has 1 heterocycles. The second kappa shape index (κ2) is 6.29. The largest absolute Gasteiger partial charge is 0.391 e. The lowest BCUT2D eigenvalue weighted by atomic mass is 10.1. The summed E-state index contributed by atoms with van der Waals surface area (Å²) in [6.45, 7) is 1.14. The van der Waals surface area contributed by atoms with Gasteiger partial charge < -0.3 is 20.6 Å². The second-order valence-corrected chi connectivity index (χ2v) is 6.42. The maximum absolute atomic E-state index is 14.6. The van der Waals surface area contributed by atoms with Crippen molar-refractivity contribution in [3.05, 3.63) is 28.0 Å². The van der Waals surface area contributed by atoms with Crippen molar-refractivity contribution < 1.29 is 9.50 Å². The minimum Gasteiger partial charge on any atom is -0.391 e. The van der Waals surface area contributed by atoms with Crippen molar-refractivity contribution in [1.29, 1.82) is 5.41 Å². The molecule has 4 N–H and O–H groups in total. The average molecular weight is 359 g/mol. The zero-order valence-electron chi connectivity index (χ0n) is 12.1. The van der Waals surface area contributed by atoms with Gasteiger partial charge in [0.25, 0.3) is 0 Å². The molecule has 1 saturated heterocycles. The summed E-state index contributed by atoms with van der Waals surface area (Å²) in [6.07, 6.45) is 0.157. The minimum absolute atomic E-state index is 0.0552. The van der Waals surface area contributed by atoms with Crippen LogP contribution in [0.5, 0.6) is 0 Å². The van der Waals surface area contributed by atoms with E-state index in [1.807, 2.05) is 23.9 Å². The number of nitrogens with one attached hydrogen (secondary N) is 1. The highest BCUT2D eigenvalue weighted by Crippen LogP contribution is 2.33. The quantitative estimate of drug-likeness (QED) is 0.561. The summed E-state index contributed by atoms with van der Waals surface area (Å²) in [6, 6.07) is 3.30. The van der Waals surface area contributed by atoms with Crippen LogP contribution < -0.4 is 10.6 Å². The van der Waals surface area contributed by atoms with Crippen LogP contribution in [0.25, 0.3) is 0 Å². The standard InChI is InChI=1S/C14H20BrFN4O/c1-19(2)6-8-5-9(21)7-20(8)11-4-3-10(14(17)18)12(15)13(11)16/h3-4,8-9,21H,5-7H2,1-2H3,(H3,17,18). The molecule has 1 aromatic rings. The number of anilines is 1. The number of nitrogen functional groups attached to an aromatic ring is 1. The van der Waals surface area contributed by atoms with Crippen molar-refractivity contribution in [3.63, 3.8) is 0 Å². The van der Waals surface area contributed by atoms with Crippen molar-refractivity contribution in [2.24, 2.45) is 5.73 Å². The van der Waals surface area contributed by atoms with Crippen molar-refractivity contribution in [2.45, 2.75) is 18.6 Å². The molecule has 0 bridgehead atoms. The summed E-state index contributed by atoms with van der Waals surface area (Å²) in [5.74, 6) is -0.626. The number of nitrogens with zero attached hydrogens (tertiary/aromatic N) is 2. The highest BCUT2D eigenvalue weighted by molar-refractivity contribution is 9.10. The predicted octanol–water partition coefficient (Wildman–Crippen LogP) is 1.37. The first-order valence-corrected chi connectivity index (χ1v) is 7.52. The molecule has 2 unspecified atom stereocenters. The SMILES string of the molecule is CN(C)CC1CC(O)CN1c1ccc(C(=N)N)c(Br)c1F. The molecule has 2 atom stereocenters. The molecule has 0 aromatic heterocycles. The Hall–Kier alpha value is -1.18. The molecule has 21 heavy (non-hydrogen) atoms. The molecule has 0 aliphatic carbocycles. The van der Waals surface area contributed by atoms with E-state index in [0.29, 0.717) is 24.2 Å². The van der Waals surface area contributed by atoms with Gasteiger partial charge in [-0.05, 0) is 48.6 Å². The van der Waals surface area contributed by atoms with Crippen LogP contribution in [0.1, 0.15) is 12.0 Å². The number of aliphatic hydroxyl groups excluding tert-OH is 1. The van der Waals surface area contributed by atoms with Crippen LogP contribution in [0.15, 0.2) is 16.6 Å². The van der Waals surface area contributed by atoms with Gasteiger partial charge in [0.15, 0.2) is 5.82 Å². The number of rotatable bonds is 4. The number of likely N-dealkylation sites (N-methyl/N-ethyl adjacent to an activating group) is 1. The number of benzene rings is 1. The van der Waals surface area contributed by atoms with Crippen LogP contribution >= 0.6 is 15.9 Å². The highest BCUT2D eigenvalue weighted by Gasteiger charge is 2.33. The zero-order chi connectivity index (χ0) is 15.7. The normalized spacial score (nSPS) is 22.1. The fourth-order valence-electron chi connectivity index (χ4n) is 2.75. The van der Waals surface area contributed by atoms with Gasteiger partial charge in [-0.25, -0.2) is 4.39 Å². The third-order valence-corrected chi connectivity index (χ3v) is 4.41. The van der Waals surface area contributed by atoms with Crippen LogP contribution in [0, 0.1) is 11.2 Å². The van der Waals surface area contributed by atoms with E-state index < -0.39 is 11.9 Å². The Balaban J connectivity index is 2.36. The average Bonchev–Trinajstić information content (AvgIpc) is 2.72. The summed E-state index contributed by atoms with van der Waals surface area (Å²) >= 11 is 3.17. The van der Waals surface area contributed by atoms with Gasteiger partial charge in [-0.15, -0.1) is 0 Å². The van der Waals surface area contributed by atoms with Gasteiger partial charge in [-0.1, -0.05) is 0 Å². The van der Waals surface area contributed by atoms with Gasteiger partial charge in [-0.2, -0.15) is 0 Å². The minimum atomic E-state index is -0.458. The molecular formula is C14H20BrFN4O. The van der Waals surface area contributed by atoms with Crippen molar-refractivity contribution in [3.8, 4) is 0 Å². The fourth-order valence-corrected chi connectivity index (χ4v) is 3.30. The molecule has 1 aliphatic rings. The van der Waals surface area contributed by atoms with Crippen LogP contribution in [-0.4, -0.2) is 55.2 Å². The van der Waals surface area contributed by atoms with E-state index >= 15 is 0 Å². The molecule has 116 valence electrons. The van der Waals surface area contributed by atoms with Crippen LogP contribution in [-0.2, 0) is 0 Å². The number of halogens is 2. The van der Waals surface area contributed by atoms with E-state index in [4.69, 9.17) is 11.1 Å². The lowest BCUT2D eigenvalue weighted by molar-refractivity contribution is 0.191. The first kappa shape index (κ1) is 16.2. The highest BCUT2D eigenvalue weighted by atomic mass is 79.9. The summed E-state index contributed by atoms with van der Waals surface area (Å²) < 4.78 is 14.8. The lowest BCUT2D eigenvalue weighted by Gasteiger charge is -2.29. The van der Waals surface area contributed by atoms with Crippen molar-refractivity contribution in [1.82, 2.24) is 4.90 Å². The Labute approximate surface area is 132 Å². The molecular weight excluding hydrogens is 339 g/mol. The summed E-state index contributed by atoms with van der Waals surface area (Å²) in [4.78, 5) is 3.90. The van der Waals surface area contributed by atoms with E-state index in [2.05, 4.69) is 15.9 Å². The Kier molecular flexibility index (Phi) is 4.85. The first-order chi connectivity index (χ1) is 9.81. The summed E-state index contributed by atoms with van der Waals surface area (Å²) in [7, 11) is 3.90. The van der Waals surface area contributed by atoms with Gasteiger partial charge in [-0.3, -0.25) is 5.41 Å². The van der Waals surface area contributed by atoms with E-state index in [1.54, 1.807) is 12.1 Å². The molecule has 2 rings (SSSR count). The number of hydrogen-bond donors (Lipinski definition) is 3. The first-order valence-electron chi connectivity index (χ1n) is 6.73. The molecule has 0 amide bonds. The molecule has 1 aromatic carbocycles. The Morgan fingerprint density at radius 1 is 1.57 bits per heavy atom. The third-order valence-electron chi connectivity index (χ3n) is 3.63.